The van der Waals surface area contributed by atoms with E-state index in [-0.39, 0.29) is 47.8 Å². The smallest absolute Gasteiger partial charge is 0.507 e. The number of benzene rings is 4. The molecule has 0 bridgehead atoms. The third-order valence-electron chi connectivity index (χ3n) is 11.4. The number of halogens is 3. The van der Waals surface area contributed by atoms with E-state index in [2.05, 4.69) is 63.3 Å². The molecule has 20 nitrogen and oxygen atoms in total. The van der Waals surface area contributed by atoms with Crippen molar-refractivity contribution in [3.8, 4) is 11.5 Å². The van der Waals surface area contributed by atoms with Gasteiger partial charge in [-0.2, -0.15) is 21.6 Å². The highest BCUT2D eigenvalue weighted by molar-refractivity contribution is 7.88. The minimum Gasteiger partial charge on any atom is -0.507 e. The van der Waals surface area contributed by atoms with E-state index in [9.17, 15) is 41.1 Å². The van der Waals surface area contributed by atoms with Crippen LogP contribution in [0, 0.1) is 0 Å². The fourth-order valence-electron chi connectivity index (χ4n) is 7.77. The van der Waals surface area contributed by atoms with E-state index in [1.54, 1.807) is 42.6 Å². The number of anilines is 1. The quantitative estimate of drug-likeness (QED) is 0.113. The lowest BCUT2D eigenvalue weighted by Gasteiger charge is -2.31. The molecule has 0 atom stereocenters. The zero-order valence-electron chi connectivity index (χ0n) is 39.5. The van der Waals surface area contributed by atoms with Gasteiger partial charge in [-0.3, -0.25) is 14.4 Å². The third kappa shape index (κ3) is 11.7. The normalized spacial score (nSPS) is 12.2. The van der Waals surface area contributed by atoms with Gasteiger partial charge in [-0.15, -0.1) is 14.2 Å². The lowest BCUT2D eigenvalue weighted by atomic mass is 9.99. The van der Waals surface area contributed by atoms with Crippen LogP contribution in [0.4, 0.5) is 18.9 Å². The Morgan fingerprint density at radius 3 is 1.47 bits per heavy atom. The van der Waals surface area contributed by atoms with Crippen molar-refractivity contribution < 1.29 is 45.4 Å². The fraction of sp³-hybridized carbons (Fsp3) is 0.135. The molecule has 24 heteroatoms. The molecule has 0 aliphatic carbocycles. The van der Waals surface area contributed by atoms with E-state index in [4.69, 9.17) is 14.5 Å². The van der Waals surface area contributed by atoms with Gasteiger partial charge in [-0.05, 0) is 34.2 Å². The molecule has 10 aromatic rings. The average molecular weight is 1060 g/mol. The van der Waals surface area contributed by atoms with Crippen LogP contribution in [0.2, 0.25) is 0 Å². The van der Waals surface area contributed by atoms with Gasteiger partial charge in [-0.1, -0.05) is 115 Å². The molecule has 0 saturated carbocycles. The summed E-state index contributed by atoms with van der Waals surface area (Å²) < 4.78 is 67.3. The zero-order chi connectivity index (χ0) is 53.2. The van der Waals surface area contributed by atoms with Gasteiger partial charge in [-0.25, -0.2) is 29.9 Å². The predicted octanol–water partition coefficient (Wildman–Crippen LogP) is 5.76. The molecule has 0 saturated heterocycles. The van der Waals surface area contributed by atoms with Gasteiger partial charge in [0.05, 0.1) is 27.9 Å². The van der Waals surface area contributed by atoms with Crippen molar-refractivity contribution in [3.63, 3.8) is 0 Å². The van der Waals surface area contributed by atoms with E-state index in [1.807, 2.05) is 60.7 Å². The lowest BCUT2D eigenvalue weighted by molar-refractivity contribution is -0.0499. The van der Waals surface area contributed by atoms with Crippen LogP contribution in [-0.4, -0.2) is 69.7 Å². The van der Waals surface area contributed by atoms with Crippen molar-refractivity contribution in [1.82, 2.24) is 44.1 Å². The number of alkyl halides is 3. The van der Waals surface area contributed by atoms with Crippen molar-refractivity contribution >= 4 is 48.9 Å². The SMILES string of the molecule is O=c1cc(N2CCc3ccccc3C2)c2cncnc2n1OCc1ccccc1.O=c1cc(O)c2cncnc2n1OCc1ccccc1.O=c1cc(OS(=O)(=O)C(F)(F)F)c2cncnc2n1OCc1ccccc1. The lowest BCUT2D eigenvalue weighted by Crippen LogP contribution is -2.33. The Morgan fingerprint density at radius 2 is 0.961 bits per heavy atom. The third-order valence-corrected chi connectivity index (χ3v) is 12.4. The number of nitrogens with zero attached hydrogens (tertiary/aromatic N) is 10. The summed E-state index contributed by atoms with van der Waals surface area (Å²) in [5.74, 6) is -1.02. The zero-order valence-corrected chi connectivity index (χ0v) is 40.4. The topological polar surface area (TPSA) is 238 Å². The number of pyridine rings is 3. The Balaban J connectivity index is 0.000000142. The largest absolute Gasteiger partial charge is 0.534 e. The first-order valence-corrected chi connectivity index (χ1v) is 24.3. The predicted molar refractivity (Wildman–Crippen MR) is 270 cm³/mol. The molecular formula is C52H41F3N10O10S. The summed E-state index contributed by atoms with van der Waals surface area (Å²) in [6.45, 7) is 2.08. The molecule has 386 valence electrons. The molecule has 1 aliphatic rings. The van der Waals surface area contributed by atoms with Crippen molar-refractivity contribution in [2.24, 2.45) is 0 Å². The highest BCUT2D eigenvalue weighted by atomic mass is 32.2. The number of aromatic hydroxyl groups is 1. The van der Waals surface area contributed by atoms with Crippen molar-refractivity contribution in [3.05, 3.63) is 230 Å². The second-order valence-electron chi connectivity index (χ2n) is 16.4. The van der Waals surface area contributed by atoms with Gasteiger partial charge >= 0.3 is 15.6 Å². The monoisotopic (exact) mass is 1050 g/mol. The molecule has 0 amide bonds. The molecule has 76 heavy (non-hydrogen) atoms. The van der Waals surface area contributed by atoms with Crippen LogP contribution in [0.25, 0.3) is 33.1 Å². The van der Waals surface area contributed by atoms with Crippen LogP contribution in [0.15, 0.2) is 185 Å². The first-order valence-electron chi connectivity index (χ1n) is 22.8. The molecule has 11 rings (SSSR count). The highest BCUT2D eigenvalue weighted by Crippen LogP contribution is 2.31. The maximum atomic E-state index is 12.9. The van der Waals surface area contributed by atoms with Gasteiger partial charge in [0.1, 0.15) is 44.6 Å². The first kappa shape index (κ1) is 51.2. The fourth-order valence-corrected chi connectivity index (χ4v) is 8.24. The molecule has 0 radical (unpaired) electrons. The Bertz CT molecular complexity index is 3970. The summed E-state index contributed by atoms with van der Waals surface area (Å²) in [5, 5.41) is 10.6. The van der Waals surface area contributed by atoms with E-state index in [1.165, 1.54) is 34.7 Å². The summed E-state index contributed by atoms with van der Waals surface area (Å²) in [6, 6.07) is 39.7. The molecular weight excluding hydrogens is 1010 g/mol. The molecule has 4 aromatic carbocycles. The second kappa shape index (κ2) is 22.6. The number of hydrogen-bond acceptors (Lipinski definition) is 17. The standard InChI is InChI=1S/C23H20N4O2.C15H10F3N3O5S.C14H11N3O3/c28-22-12-21(26-11-10-18-8-4-5-9-19(18)14-26)20-13-24-16-25-23(20)27(22)29-15-17-6-2-1-3-7-17;16-15(17,18)27(23,24)26-12-6-13(22)21(14-11(12)7-19-9-20-14)25-8-10-4-2-1-3-5-10;18-12-6-13(19)17(14-11(12)7-15-9-16-14)20-8-10-4-2-1-3-5-10/h1-9,12-13,16H,10-11,14-15H2;1-7,9H,8H2;1-7,9,18H,8H2. The Labute approximate surface area is 428 Å². The molecule has 0 fully saturated rings. The maximum Gasteiger partial charge on any atom is 0.534 e. The number of hydrogen-bond donors (Lipinski definition) is 1. The molecule has 1 N–H and O–H groups in total. The first-order chi connectivity index (χ1) is 36.7. The molecule has 0 unspecified atom stereocenters. The van der Waals surface area contributed by atoms with E-state index in [0.717, 1.165) is 69.8 Å². The van der Waals surface area contributed by atoms with Gasteiger partial charge in [0.25, 0.3) is 16.7 Å². The Morgan fingerprint density at radius 1 is 0.539 bits per heavy atom. The van der Waals surface area contributed by atoms with Crippen LogP contribution in [0.5, 0.6) is 11.5 Å². The van der Waals surface area contributed by atoms with Crippen molar-refractivity contribution in [1.29, 1.82) is 0 Å². The van der Waals surface area contributed by atoms with Crippen LogP contribution >= 0.6 is 0 Å². The summed E-state index contributed by atoms with van der Waals surface area (Å²) >= 11 is 0. The van der Waals surface area contributed by atoms with E-state index >= 15 is 0 Å². The molecule has 6 aromatic heterocycles. The van der Waals surface area contributed by atoms with Crippen LogP contribution in [-0.2, 0) is 42.9 Å². The van der Waals surface area contributed by atoms with Gasteiger partial charge in [0.15, 0.2) is 22.7 Å². The van der Waals surface area contributed by atoms with Crippen molar-refractivity contribution in [2.75, 3.05) is 11.4 Å². The Hall–Kier alpha value is -9.71. The van der Waals surface area contributed by atoms with E-state index in [0.29, 0.717) is 22.7 Å². The summed E-state index contributed by atoms with van der Waals surface area (Å²) in [6.07, 6.45) is 8.89. The van der Waals surface area contributed by atoms with Crippen LogP contribution in [0.3, 0.4) is 0 Å². The van der Waals surface area contributed by atoms with Gasteiger partial charge in [0.2, 0.25) is 0 Å². The average Bonchev–Trinajstić information content (AvgIpc) is 3.46. The van der Waals surface area contributed by atoms with Crippen LogP contribution < -0.4 is 40.3 Å². The van der Waals surface area contributed by atoms with Crippen molar-refractivity contribution in [2.45, 2.75) is 38.3 Å². The number of aromatic nitrogens is 9. The van der Waals surface area contributed by atoms with Gasteiger partial charge < -0.3 is 28.7 Å². The Kier molecular flexibility index (Phi) is 15.2. The highest BCUT2D eigenvalue weighted by Gasteiger charge is 2.49. The summed E-state index contributed by atoms with van der Waals surface area (Å²) in [5.41, 5.74) is -0.751. The van der Waals surface area contributed by atoms with Crippen LogP contribution in [0.1, 0.15) is 27.8 Å². The molecule has 1 aliphatic heterocycles. The summed E-state index contributed by atoms with van der Waals surface area (Å²) in [7, 11) is -5.97. The second-order valence-corrected chi connectivity index (χ2v) is 18.0. The summed E-state index contributed by atoms with van der Waals surface area (Å²) in [4.78, 5) is 79.7. The minimum absolute atomic E-state index is 0.0408. The number of fused-ring (bicyclic) bond motifs is 4. The van der Waals surface area contributed by atoms with E-state index < -0.39 is 32.5 Å². The molecule has 0 spiro atoms. The number of rotatable bonds is 12. The molecule has 7 heterocycles. The van der Waals surface area contributed by atoms with Gasteiger partial charge in [0, 0.05) is 43.8 Å². The maximum absolute atomic E-state index is 12.9. The minimum atomic E-state index is -5.97.